The zero-order chi connectivity index (χ0) is 20.9. The number of aryl methyl sites for hydroxylation is 1. The van der Waals surface area contributed by atoms with Gasteiger partial charge in [-0.05, 0) is 36.8 Å². The maximum Gasteiger partial charge on any atom is 0.344 e. The minimum absolute atomic E-state index is 0.210. The third-order valence-electron chi connectivity index (χ3n) is 4.34. The monoisotopic (exact) mass is 415 g/mol. The predicted octanol–water partition coefficient (Wildman–Crippen LogP) is 2.26. The van der Waals surface area contributed by atoms with E-state index in [0.29, 0.717) is 11.4 Å². The van der Waals surface area contributed by atoms with Crippen LogP contribution in [0.25, 0.3) is 0 Å². The first kappa shape index (κ1) is 20.6. The molecule has 0 radical (unpaired) electrons. The van der Waals surface area contributed by atoms with Crippen molar-refractivity contribution in [2.24, 2.45) is 0 Å². The second-order valence-electron chi connectivity index (χ2n) is 6.54. The highest BCUT2D eigenvalue weighted by Gasteiger charge is 2.31. The molecule has 1 amide bonds. The number of amides is 1. The van der Waals surface area contributed by atoms with Gasteiger partial charge in [-0.15, -0.1) is 0 Å². The van der Waals surface area contributed by atoms with Gasteiger partial charge in [0.15, 0.2) is 23.1 Å². The third kappa shape index (κ3) is 5.45. The summed E-state index contributed by atoms with van der Waals surface area (Å²) in [5.41, 5.74) is 1.40. The second kappa shape index (κ2) is 8.91. The zero-order valence-electron chi connectivity index (χ0n) is 15.9. The molecule has 1 heterocycles. The van der Waals surface area contributed by atoms with Crippen LogP contribution in [0.5, 0.6) is 5.75 Å². The number of rotatable bonds is 7. The molecule has 0 bridgehead atoms. The maximum absolute atomic E-state index is 12.8. The van der Waals surface area contributed by atoms with Crippen LogP contribution in [-0.2, 0) is 24.2 Å². The molecule has 0 aromatic heterocycles. The SMILES string of the molecule is Cc1ccccc1OCC(=O)OCC(=O)N(c1ccccc1)[C@H]1C=CS(=O)(=O)C1. The fraction of sp³-hybridized carbons (Fsp3) is 0.238. The molecule has 0 spiro atoms. The van der Waals surface area contributed by atoms with Crippen LogP contribution >= 0.6 is 0 Å². The summed E-state index contributed by atoms with van der Waals surface area (Å²) in [5, 5.41) is 1.10. The molecule has 0 saturated carbocycles. The summed E-state index contributed by atoms with van der Waals surface area (Å²) in [6.45, 7) is 1.00. The van der Waals surface area contributed by atoms with Gasteiger partial charge in [0, 0.05) is 11.1 Å². The number of carbonyl (C=O) groups is 2. The summed E-state index contributed by atoms with van der Waals surface area (Å²) in [5.74, 6) is -0.864. The summed E-state index contributed by atoms with van der Waals surface area (Å²) >= 11 is 0. The van der Waals surface area contributed by atoms with E-state index in [-0.39, 0.29) is 12.4 Å². The second-order valence-corrected chi connectivity index (χ2v) is 8.47. The minimum Gasteiger partial charge on any atom is -0.482 e. The number of carbonyl (C=O) groups excluding carboxylic acids is 2. The van der Waals surface area contributed by atoms with Gasteiger partial charge in [-0.25, -0.2) is 13.2 Å². The van der Waals surface area contributed by atoms with Crippen LogP contribution in [0.4, 0.5) is 5.69 Å². The Morgan fingerprint density at radius 1 is 1.03 bits per heavy atom. The molecule has 8 heteroatoms. The third-order valence-corrected chi connectivity index (χ3v) is 5.72. The number of esters is 1. The number of hydrogen-bond acceptors (Lipinski definition) is 6. The Bertz CT molecular complexity index is 1020. The molecular weight excluding hydrogens is 394 g/mol. The first-order chi connectivity index (χ1) is 13.9. The van der Waals surface area contributed by atoms with Crippen LogP contribution in [-0.4, -0.2) is 45.3 Å². The van der Waals surface area contributed by atoms with Crippen molar-refractivity contribution in [3.8, 4) is 5.75 Å². The van der Waals surface area contributed by atoms with Gasteiger partial charge in [0.25, 0.3) is 5.91 Å². The summed E-state index contributed by atoms with van der Waals surface area (Å²) in [7, 11) is -3.36. The molecule has 0 fully saturated rings. The van der Waals surface area contributed by atoms with Crippen molar-refractivity contribution in [3.05, 3.63) is 71.6 Å². The van der Waals surface area contributed by atoms with E-state index in [2.05, 4.69) is 0 Å². The van der Waals surface area contributed by atoms with E-state index < -0.39 is 34.4 Å². The maximum atomic E-state index is 12.8. The number of sulfone groups is 1. The van der Waals surface area contributed by atoms with E-state index in [0.717, 1.165) is 11.0 Å². The van der Waals surface area contributed by atoms with Gasteiger partial charge < -0.3 is 14.4 Å². The summed E-state index contributed by atoms with van der Waals surface area (Å²) < 4.78 is 34.0. The number of anilines is 1. The Balaban J connectivity index is 1.62. The number of benzene rings is 2. The Kier molecular flexibility index (Phi) is 6.33. The van der Waals surface area contributed by atoms with Crippen molar-refractivity contribution in [2.75, 3.05) is 23.9 Å². The van der Waals surface area contributed by atoms with Crippen LogP contribution in [0.3, 0.4) is 0 Å². The average Bonchev–Trinajstić information content (AvgIpc) is 3.06. The first-order valence-corrected chi connectivity index (χ1v) is 10.7. The molecule has 3 rings (SSSR count). The molecule has 29 heavy (non-hydrogen) atoms. The molecule has 2 aromatic rings. The van der Waals surface area contributed by atoms with Gasteiger partial charge in [-0.1, -0.05) is 36.4 Å². The quantitative estimate of drug-likeness (QED) is 0.645. The van der Waals surface area contributed by atoms with Crippen molar-refractivity contribution >= 4 is 27.4 Å². The van der Waals surface area contributed by atoms with Crippen LogP contribution in [0, 0.1) is 6.92 Å². The van der Waals surface area contributed by atoms with E-state index in [1.165, 1.54) is 11.0 Å². The van der Waals surface area contributed by atoms with Crippen LogP contribution < -0.4 is 9.64 Å². The van der Waals surface area contributed by atoms with Crippen LogP contribution in [0.2, 0.25) is 0 Å². The predicted molar refractivity (Wildman–Crippen MR) is 108 cm³/mol. The van der Waals surface area contributed by atoms with Gasteiger partial charge >= 0.3 is 5.97 Å². The molecule has 0 unspecified atom stereocenters. The number of hydrogen-bond donors (Lipinski definition) is 0. The summed E-state index contributed by atoms with van der Waals surface area (Å²) in [6.07, 6.45) is 1.46. The molecule has 0 saturated heterocycles. The lowest BCUT2D eigenvalue weighted by atomic mass is 10.2. The molecule has 1 aliphatic heterocycles. The topological polar surface area (TPSA) is 90.0 Å². The van der Waals surface area contributed by atoms with Gasteiger partial charge in [0.2, 0.25) is 0 Å². The van der Waals surface area contributed by atoms with E-state index >= 15 is 0 Å². The van der Waals surface area contributed by atoms with Gasteiger partial charge in [-0.3, -0.25) is 4.79 Å². The fourth-order valence-electron chi connectivity index (χ4n) is 2.94. The van der Waals surface area contributed by atoms with Gasteiger partial charge in [-0.2, -0.15) is 0 Å². The highest BCUT2D eigenvalue weighted by atomic mass is 32.2. The fourth-order valence-corrected chi connectivity index (χ4v) is 4.21. The Morgan fingerprint density at radius 3 is 2.38 bits per heavy atom. The standard InChI is InChI=1S/C21H21NO6S/c1-16-7-5-6-10-19(16)27-14-21(24)28-13-20(23)22(17-8-3-2-4-9-17)18-11-12-29(25,26)15-18/h2-12,18H,13-15H2,1H3/t18-/m0/s1. The van der Waals surface area contributed by atoms with Crippen molar-refractivity contribution < 1.29 is 27.5 Å². The Morgan fingerprint density at radius 2 is 1.72 bits per heavy atom. The van der Waals surface area contributed by atoms with E-state index in [4.69, 9.17) is 9.47 Å². The summed E-state index contributed by atoms with van der Waals surface area (Å²) in [6, 6.07) is 15.2. The molecule has 2 aromatic carbocycles. The van der Waals surface area contributed by atoms with Crippen LogP contribution in [0.1, 0.15) is 5.56 Å². The summed E-state index contributed by atoms with van der Waals surface area (Å²) in [4.78, 5) is 26.1. The van der Waals surface area contributed by atoms with Crippen molar-refractivity contribution in [1.82, 2.24) is 0 Å². The number of para-hydroxylation sites is 2. The number of ether oxygens (including phenoxy) is 2. The highest BCUT2D eigenvalue weighted by Crippen LogP contribution is 2.23. The minimum atomic E-state index is -3.36. The normalized spacial score (nSPS) is 16.9. The molecular formula is C21H21NO6S. The van der Waals surface area contributed by atoms with Crippen molar-refractivity contribution in [2.45, 2.75) is 13.0 Å². The number of nitrogens with zero attached hydrogens (tertiary/aromatic N) is 1. The Labute approximate surface area is 169 Å². The largest absolute Gasteiger partial charge is 0.482 e. The van der Waals surface area contributed by atoms with Crippen molar-refractivity contribution in [1.29, 1.82) is 0 Å². The van der Waals surface area contributed by atoms with Gasteiger partial charge in [0.1, 0.15) is 5.75 Å². The van der Waals surface area contributed by atoms with E-state index in [1.54, 1.807) is 42.5 Å². The first-order valence-electron chi connectivity index (χ1n) is 8.98. The smallest absolute Gasteiger partial charge is 0.344 e. The highest BCUT2D eigenvalue weighted by molar-refractivity contribution is 7.94. The molecule has 0 N–H and O–H groups in total. The lowest BCUT2D eigenvalue weighted by Gasteiger charge is -2.27. The molecule has 1 aliphatic rings. The lowest BCUT2D eigenvalue weighted by molar-refractivity contribution is -0.149. The molecule has 152 valence electrons. The molecule has 1 atom stereocenters. The molecule has 0 aliphatic carbocycles. The molecule has 7 nitrogen and oxygen atoms in total. The van der Waals surface area contributed by atoms with Crippen LogP contribution in [0.15, 0.2) is 66.1 Å². The van der Waals surface area contributed by atoms with E-state index in [1.807, 2.05) is 19.1 Å². The Hall–Kier alpha value is -3.13. The van der Waals surface area contributed by atoms with E-state index in [9.17, 15) is 18.0 Å². The van der Waals surface area contributed by atoms with Gasteiger partial charge in [0.05, 0.1) is 11.8 Å². The van der Waals surface area contributed by atoms with Crippen molar-refractivity contribution in [3.63, 3.8) is 0 Å². The zero-order valence-corrected chi connectivity index (χ0v) is 16.7. The lowest BCUT2D eigenvalue weighted by Crippen LogP contribution is -2.43. The average molecular weight is 415 g/mol.